The van der Waals surface area contributed by atoms with Crippen molar-refractivity contribution in [1.29, 1.82) is 0 Å². The fraction of sp³-hybridized carbons (Fsp3) is 0.440. The number of nitrogens with zero attached hydrogens (tertiary/aromatic N) is 3. The van der Waals surface area contributed by atoms with Crippen molar-refractivity contribution >= 4 is 22.7 Å². The molecule has 0 unspecified atom stereocenters. The first-order valence-electron chi connectivity index (χ1n) is 11.3. The van der Waals surface area contributed by atoms with E-state index in [2.05, 4.69) is 16.7 Å². The summed E-state index contributed by atoms with van der Waals surface area (Å²) >= 11 is 0. The van der Waals surface area contributed by atoms with E-state index in [-0.39, 0.29) is 5.75 Å². The Morgan fingerprint density at radius 2 is 1.81 bits per heavy atom. The van der Waals surface area contributed by atoms with Crippen LogP contribution in [0.2, 0.25) is 0 Å². The van der Waals surface area contributed by atoms with Gasteiger partial charge >= 0.3 is 0 Å². The van der Waals surface area contributed by atoms with E-state index in [1.54, 1.807) is 13.2 Å². The van der Waals surface area contributed by atoms with Crippen LogP contribution in [-0.4, -0.2) is 48.9 Å². The summed E-state index contributed by atoms with van der Waals surface area (Å²) < 4.78 is 5.19. The van der Waals surface area contributed by atoms with E-state index in [0.29, 0.717) is 30.2 Å². The van der Waals surface area contributed by atoms with Crippen molar-refractivity contribution in [1.82, 2.24) is 15.3 Å². The second-order valence-electron chi connectivity index (χ2n) is 8.74. The van der Waals surface area contributed by atoms with Crippen LogP contribution in [0, 0.1) is 5.92 Å². The summed E-state index contributed by atoms with van der Waals surface area (Å²) in [5.74, 6) is 3.03. The van der Waals surface area contributed by atoms with E-state index in [0.717, 1.165) is 54.5 Å². The molecule has 0 atom stereocenters. The number of phenolic OH excluding ortho intramolecular Hbond substituents is 1. The minimum absolute atomic E-state index is 0.225. The number of rotatable bonds is 8. The molecular weight excluding hydrogens is 402 g/mol. The van der Waals surface area contributed by atoms with E-state index in [4.69, 9.17) is 14.7 Å². The first-order chi connectivity index (χ1) is 15.5. The predicted molar refractivity (Wildman–Crippen MR) is 130 cm³/mol. The number of para-hydroxylation sites is 2. The van der Waals surface area contributed by atoms with Crippen LogP contribution in [0.25, 0.3) is 10.9 Å². The molecule has 4 rings (SSSR count). The van der Waals surface area contributed by atoms with Crippen molar-refractivity contribution in [3.05, 3.63) is 48.0 Å². The third-order valence-electron chi connectivity index (χ3n) is 6.24. The topological polar surface area (TPSA) is 82.5 Å². The Bertz CT molecular complexity index is 1050. The van der Waals surface area contributed by atoms with Crippen LogP contribution >= 0.6 is 0 Å². The fourth-order valence-electron chi connectivity index (χ4n) is 4.44. The summed E-state index contributed by atoms with van der Waals surface area (Å²) in [6.07, 6.45) is 4.51. The first-order valence-corrected chi connectivity index (χ1v) is 11.3. The van der Waals surface area contributed by atoms with Crippen molar-refractivity contribution in [2.75, 3.05) is 38.0 Å². The monoisotopic (exact) mass is 435 g/mol. The quantitative estimate of drug-likeness (QED) is 0.490. The lowest BCUT2D eigenvalue weighted by atomic mass is 9.86. The third-order valence-corrected chi connectivity index (χ3v) is 6.24. The Kier molecular flexibility index (Phi) is 6.95. The van der Waals surface area contributed by atoms with E-state index >= 15 is 0 Å². The summed E-state index contributed by atoms with van der Waals surface area (Å²) in [7, 11) is 5.60. The number of phenols is 1. The van der Waals surface area contributed by atoms with Crippen molar-refractivity contribution in [2.24, 2.45) is 5.92 Å². The highest BCUT2D eigenvalue weighted by Crippen LogP contribution is 2.30. The van der Waals surface area contributed by atoms with Crippen molar-refractivity contribution in [2.45, 2.75) is 38.3 Å². The molecule has 1 aliphatic rings. The molecule has 1 aromatic heterocycles. The van der Waals surface area contributed by atoms with Gasteiger partial charge < -0.3 is 25.4 Å². The molecule has 7 nitrogen and oxygen atoms in total. The van der Waals surface area contributed by atoms with Gasteiger partial charge in [-0.1, -0.05) is 24.3 Å². The highest BCUT2D eigenvalue weighted by Gasteiger charge is 2.22. The van der Waals surface area contributed by atoms with Gasteiger partial charge in [0.05, 0.1) is 12.6 Å². The smallest absolute Gasteiger partial charge is 0.225 e. The number of ether oxygens (including phenoxy) is 1. The lowest BCUT2D eigenvalue weighted by molar-refractivity contribution is 0.322. The minimum atomic E-state index is 0.225. The molecule has 1 heterocycles. The number of methoxy groups -OCH3 is 1. The average Bonchev–Trinajstić information content (AvgIpc) is 2.80. The predicted octanol–water partition coefficient (Wildman–Crippen LogP) is 4.17. The van der Waals surface area contributed by atoms with Gasteiger partial charge in [0.1, 0.15) is 5.82 Å². The number of aromatic hydroxyl groups is 1. The Morgan fingerprint density at radius 3 is 2.56 bits per heavy atom. The number of hydrogen-bond donors (Lipinski definition) is 3. The molecular formula is C25H33N5O2. The molecule has 1 fully saturated rings. The van der Waals surface area contributed by atoms with Crippen LogP contribution in [0.5, 0.6) is 11.5 Å². The molecule has 0 radical (unpaired) electrons. The molecule has 32 heavy (non-hydrogen) atoms. The molecule has 7 heteroatoms. The van der Waals surface area contributed by atoms with Gasteiger partial charge in [0, 0.05) is 37.6 Å². The molecule has 0 spiro atoms. The second kappa shape index (κ2) is 10.0. The van der Waals surface area contributed by atoms with Crippen LogP contribution < -0.4 is 20.3 Å². The summed E-state index contributed by atoms with van der Waals surface area (Å²) in [5, 5.41) is 18.4. The number of aromatic nitrogens is 2. The first kappa shape index (κ1) is 22.1. The SMILES string of the molecule is COc1cccc(CNCC2CCC(Nc3nc(N(C)C)c4ccccc4n3)CC2)c1O. The van der Waals surface area contributed by atoms with Crippen molar-refractivity contribution in [3.8, 4) is 11.5 Å². The molecule has 0 saturated heterocycles. The van der Waals surface area contributed by atoms with Gasteiger partial charge in [-0.15, -0.1) is 0 Å². The minimum Gasteiger partial charge on any atom is -0.504 e. The summed E-state index contributed by atoms with van der Waals surface area (Å²) in [6.45, 7) is 1.58. The maximum Gasteiger partial charge on any atom is 0.225 e. The molecule has 170 valence electrons. The van der Waals surface area contributed by atoms with Crippen LogP contribution in [0.15, 0.2) is 42.5 Å². The normalized spacial score (nSPS) is 18.5. The molecule has 3 N–H and O–H groups in total. The summed E-state index contributed by atoms with van der Waals surface area (Å²) in [6, 6.07) is 14.1. The van der Waals surface area contributed by atoms with Crippen LogP contribution in [0.3, 0.4) is 0 Å². The standard InChI is InChI=1S/C25H33N5O2/c1-30(2)24-20-8-4-5-9-21(20)28-25(29-24)27-19-13-11-17(12-14-19)15-26-16-18-7-6-10-22(32-3)23(18)31/h4-10,17,19,26,31H,11-16H2,1-3H3,(H,27,28,29). The van der Waals surface area contributed by atoms with Crippen LogP contribution in [0.1, 0.15) is 31.2 Å². The van der Waals surface area contributed by atoms with Gasteiger partial charge in [0.15, 0.2) is 11.5 Å². The van der Waals surface area contributed by atoms with Gasteiger partial charge in [-0.3, -0.25) is 0 Å². The van der Waals surface area contributed by atoms with Gasteiger partial charge in [0.2, 0.25) is 5.95 Å². The maximum absolute atomic E-state index is 10.2. The largest absolute Gasteiger partial charge is 0.504 e. The van der Waals surface area contributed by atoms with E-state index in [1.807, 2.05) is 49.3 Å². The molecule has 1 saturated carbocycles. The highest BCUT2D eigenvalue weighted by atomic mass is 16.5. The van der Waals surface area contributed by atoms with Crippen molar-refractivity contribution < 1.29 is 9.84 Å². The highest BCUT2D eigenvalue weighted by molar-refractivity contribution is 5.90. The molecule has 0 bridgehead atoms. The van der Waals surface area contributed by atoms with Crippen molar-refractivity contribution in [3.63, 3.8) is 0 Å². The average molecular weight is 436 g/mol. The van der Waals surface area contributed by atoms with Gasteiger partial charge in [-0.05, 0) is 56.3 Å². The molecule has 1 aliphatic carbocycles. The number of anilines is 2. The van der Waals surface area contributed by atoms with E-state index in [1.165, 1.54) is 0 Å². The zero-order chi connectivity index (χ0) is 22.5. The van der Waals surface area contributed by atoms with E-state index < -0.39 is 0 Å². The number of fused-ring (bicyclic) bond motifs is 1. The lowest BCUT2D eigenvalue weighted by Crippen LogP contribution is -2.31. The zero-order valence-corrected chi connectivity index (χ0v) is 19.1. The third kappa shape index (κ3) is 5.05. The van der Waals surface area contributed by atoms with Gasteiger partial charge in [-0.2, -0.15) is 4.98 Å². The number of nitrogens with one attached hydrogen (secondary N) is 2. The van der Waals surface area contributed by atoms with Gasteiger partial charge in [-0.25, -0.2) is 4.98 Å². The second-order valence-corrected chi connectivity index (χ2v) is 8.74. The summed E-state index contributed by atoms with van der Waals surface area (Å²) in [4.78, 5) is 11.6. The Labute approximate surface area is 189 Å². The number of benzene rings is 2. The lowest BCUT2D eigenvalue weighted by Gasteiger charge is -2.29. The number of hydrogen-bond acceptors (Lipinski definition) is 7. The molecule has 2 aromatic carbocycles. The van der Waals surface area contributed by atoms with Gasteiger partial charge in [0.25, 0.3) is 0 Å². The maximum atomic E-state index is 10.2. The van der Waals surface area contributed by atoms with Crippen LogP contribution in [0.4, 0.5) is 11.8 Å². The van der Waals surface area contributed by atoms with E-state index in [9.17, 15) is 5.11 Å². The molecule has 3 aromatic rings. The van der Waals surface area contributed by atoms with Crippen LogP contribution in [-0.2, 0) is 6.54 Å². The molecule has 0 aliphatic heterocycles. The summed E-state index contributed by atoms with van der Waals surface area (Å²) in [5.41, 5.74) is 1.83. The zero-order valence-electron chi connectivity index (χ0n) is 19.1. The molecule has 0 amide bonds. The Balaban J connectivity index is 1.29. The fourth-order valence-corrected chi connectivity index (χ4v) is 4.44. The Morgan fingerprint density at radius 1 is 1.03 bits per heavy atom. The Hall–Kier alpha value is -3.06.